The zero-order valence-electron chi connectivity index (χ0n) is 13.1. The average molecular weight is 359 g/mol. The van der Waals surface area contributed by atoms with Gasteiger partial charge in [-0.05, 0) is 19.1 Å². The van der Waals surface area contributed by atoms with E-state index in [0.717, 1.165) is 0 Å². The summed E-state index contributed by atoms with van der Waals surface area (Å²) in [6, 6.07) is -0.282. The van der Waals surface area contributed by atoms with Gasteiger partial charge in [-0.2, -0.15) is 12.6 Å². The highest BCUT2D eigenvalue weighted by Gasteiger charge is 2.59. The van der Waals surface area contributed by atoms with Crippen molar-refractivity contribution in [2.75, 3.05) is 11.5 Å². The SMILES string of the molecule is CC(O)C1C(=O)N2C(C(=O)O)=C(SCCCC(=O)CS)C(C)C12. The number of ketones is 1. The first-order valence-electron chi connectivity index (χ1n) is 7.55. The number of rotatable bonds is 8. The number of carboxylic acids is 1. The van der Waals surface area contributed by atoms with Gasteiger partial charge in [0.25, 0.3) is 0 Å². The van der Waals surface area contributed by atoms with Crippen molar-refractivity contribution < 1.29 is 24.6 Å². The normalized spacial score (nSPS) is 27.7. The Morgan fingerprint density at radius 1 is 1.43 bits per heavy atom. The van der Waals surface area contributed by atoms with Gasteiger partial charge in [-0.25, -0.2) is 4.79 Å². The Kier molecular flexibility index (Phi) is 5.80. The van der Waals surface area contributed by atoms with Crippen molar-refractivity contribution in [2.45, 2.75) is 38.8 Å². The fourth-order valence-corrected chi connectivity index (χ4v) is 4.64. The van der Waals surface area contributed by atoms with E-state index in [1.807, 2.05) is 6.92 Å². The van der Waals surface area contributed by atoms with Gasteiger partial charge < -0.3 is 15.1 Å². The Morgan fingerprint density at radius 3 is 2.61 bits per heavy atom. The maximum atomic E-state index is 12.2. The Labute approximate surface area is 144 Å². The minimum Gasteiger partial charge on any atom is -0.477 e. The lowest BCUT2D eigenvalue weighted by molar-refractivity contribution is -0.163. The van der Waals surface area contributed by atoms with Gasteiger partial charge in [0, 0.05) is 23.0 Å². The number of nitrogens with zero attached hydrogens (tertiary/aromatic N) is 1. The number of thiol groups is 1. The first-order chi connectivity index (χ1) is 10.8. The quantitative estimate of drug-likeness (QED) is 0.342. The molecule has 0 bridgehead atoms. The van der Waals surface area contributed by atoms with E-state index in [2.05, 4.69) is 12.6 Å². The Hall–Kier alpha value is -0.990. The Bertz CT molecular complexity index is 560. The number of aliphatic hydroxyl groups is 1. The van der Waals surface area contributed by atoms with Gasteiger partial charge in [0.15, 0.2) is 0 Å². The molecule has 4 unspecified atom stereocenters. The van der Waals surface area contributed by atoms with Crippen molar-refractivity contribution in [3.63, 3.8) is 0 Å². The topological polar surface area (TPSA) is 94.9 Å². The number of carboxylic acid groups (broad SMARTS) is 1. The van der Waals surface area contributed by atoms with Crippen LogP contribution in [-0.2, 0) is 14.4 Å². The molecule has 0 aromatic carbocycles. The first kappa shape index (κ1) is 18.4. The summed E-state index contributed by atoms with van der Waals surface area (Å²) in [6.07, 6.45) is 0.271. The van der Waals surface area contributed by atoms with Gasteiger partial charge >= 0.3 is 5.97 Å². The molecule has 8 heteroatoms. The van der Waals surface area contributed by atoms with E-state index >= 15 is 0 Å². The predicted molar refractivity (Wildman–Crippen MR) is 90.2 cm³/mol. The van der Waals surface area contributed by atoms with Crippen LogP contribution in [0.3, 0.4) is 0 Å². The molecule has 0 saturated carbocycles. The standard InChI is InChI=1S/C15H21NO5S2/c1-7-11-10(8(2)17)14(19)16(11)12(15(20)21)13(7)23-5-3-4-9(18)6-22/h7-8,10-11,17,22H,3-6H2,1-2H3,(H,20,21). The zero-order valence-corrected chi connectivity index (χ0v) is 14.8. The monoisotopic (exact) mass is 359 g/mol. The van der Waals surface area contributed by atoms with Crippen LogP contribution in [0.2, 0.25) is 0 Å². The van der Waals surface area contributed by atoms with E-state index < -0.39 is 18.0 Å². The molecule has 1 saturated heterocycles. The lowest BCUT2D eigenvalue weighted by Crippen LogP contribution is -2.63. The summed E-state index contributed by atoms with van der Waals surface area (Å²) >= 11 is 5.31. The van der Waals surface area contributed by atoms with Gasteiger partial charge in [-0.1, -0.05) is 6.92 Å². The molecule has 2 heterocycles. The molecule has 6 nitrogen and oxygen atoms in total. The van der Waals surface area contributed by atoms with Crippen LogP contribution < -0.4 is 0 Å². The molecule has 2 aliphatic rings. The molecule has 0 spiro atoms. The van der Waals surface area contributed by atoms with Crippen molar-refractivity contribution in [3.8, 4) is 0 Å². The largest absolute Gasteiger partial charge is 0.477 e. The molecule has 0 aromatic rings. The van der Waals surface area contributed by atoms with Crippen molar-refractivity contribution >= 4 is 42.1 Å². The number of aliphatic hydroxyl groups excluding tert-OH is 1. The molecule has 1 amide bonds. The second-order valence-corrected chi connectivity index (χ2v) is 7.37. The fourth-order valence-electron chi connectivity index (χ4n) is 3.25. The molecular weight excluding hydrogens is 338 g/mol. The molecule has 128 valence electrons. The molecule has 2 N–H and O–H groups in total. The Balaban J connectivity index is 2.09. The minimum absolute atomic E-state index is 0.0370. The summed E-state index contributed by atoms with van der Waals surface area (Å²) in [6.45, 7) is 3.44. The summed E-state index contributed by atoms with van der Waals surface area (Å²) in [5.41, 5.74) is 0.0370. The van der Waals surface area contributed by atoms with Gasteiger partial charge in [-0.15, -0.1) is 11.8 Å². The van der Waals surface area contributed by atoms with Gasteiger partial charge in [-0.3, -0.25) is 9.59 Å². The third-order valence-corrected chi connectivity index (χ3v) is 6.07. The number of hydrogen-bond acceptors (Lipinski definition) is 6. The van der Waals surface area contributed by atoms with E-state index in [1.54, 1.807) is 6.92 Å². The van der Waals surface area contributed by atoms with Crippen LogP contribution >= 0.6 is 24.4 Å². The van der Waals surface area contributed by atoms with Crippen LogP contribution in [0.1, 0.15) is 26.7 Å². The van der Waals surface area contributed by atoms with E-state index in [1.165, 1.54) is 16.7 Å². The highest BCUT2D eigenvalue weighted by molar-refractivity contribution is 8.03. The van der Waals surface area contributed by atoms with E-state index in [0.29, 0.717) is 23.5 Å². The third kappa shape index (κ3) is 3.29. The minimum atomic E-state index is -1.12. The van der Waals surface area contributed by atoms with Gasteiger partial charge in [0.05, 0.1) is 18.1 Å². The lowest BCUT2D eigenvalue weighted by atomic mass is 9.79. The summed E-state index contributed by atoms with van der Waals surface area (Å²) in [7, 11) is 0. The predicted octanol–water partition coefficient (Wildman–Crippen LogP) is 1.15. The maximum absolute atomic E-state index is 12.2. The molecule has 1 fully saturated rings. The van der Waals surface area contributed by atoms with Crippen molar-refractivity contribution in [1.82, 2.24) is 4.90 Å². The van der Waals surface area contributed by atoms with Gasteiger partial charge in [0.2, 0.25) is 5.91 Å². The van der Waals surface area contributed by atoms with Crippen LogP contribution in [-0.4, -0.2) is 56.4 Å². The molecule has 2 rings (SSSR count). The van der Waals surface area contributed by atoms with Crippen LogP contribution in [0.15, 0.2) is 10.6 Å². The van der Waals surface area contributed by atoms with E-state index in [-0.39, 0.29) is 35.1 Å². The third-order valence-electron chi connectivity index (χ3n) is 4.34. The fraction of sp³-hybridized carbons (Fsp3) is 0.667. The zero-order chi connectivity index (χ0) is 17.3. The molecule has 0 aliphatic carbocycles. The summed E-state index contributed by atoms with van der Waals surface area (Å²) in [4.78, 5) is 36.9. The second-order valence-electron chi connectivity index (χ2n) is 5.92. The summed E-state index contributed by atoms with van der Waals surface area (Å²) < 4.78 is 0. The molecular formula is C15H21NO5S2. The Morgan fingerprint density at radius 2 is 2.09 bits per heavy atom. The number of carbonyl (C=O) groups is 3. The second kappa shape index (κ2) is 7.27. The van der Waals surface area contributed by atoms with Crippen LogP contribution in [0.25, 0.3) is 0 Å². The lowest BCUT2D eigenvalue weighted by Gasteiger charge is -2.46. The smallest absolute Gasteiger partial charge is 0.353 e. The van der Waals surface area contributed by atoms with Crippen LogP contribution in [0.4, 0.5) is 0 Å². The number of thioether (sulfide) groups is 1. The summed E-state index contributed by atoms with van der Waals surface area (Å²) in [5, 5.41) is 19.2. The average Bonchev–Trinajstić information content (AvgIpc) is 2.72. The van der Waals surface area contributed by atoms with E-state index in [9.17, 15) is 24.6 Å². The van der Waals surface area contributed by atoms with Crippen molar-refractivity contribution in [2.24, 2.45) is 11.8 Å². The van der Waals surface area contributed by atoms with E-state index in [4.69, 9.17) is 0 Å². The maximum Gasteiger partial charge on any atom is 0.353 e. The van der Waals surface area contributed by atoms with Crippen LogP contribution in [0.5, 0.6) is 0 Å². The molecule has 23 heavy (non-hydrogen) atoms. The molecule has 4 atom stereocenters. The molecule has 0 radical (unpaired) electrons. The molecule has 0 aromatic heterocycles. The number of hydrogen-bond donors (Lipinski definition) is 3. The van der Waals surface area contributed by atoms with Crippen LogP contribution in [0, 0.1) is 11.8 Å². The number of carbonyl (C=O) groups excluding carboxylic acids is 2. The van der Waals surface area contributed by atoms with Crippen molar-refractivity contribution in [3.05, 3.63) is 10.6 Å². The number of fused-ring (bicyclic) bond motifs is 1. The summed E-state index contributed by atoms with van der Waals surface area (Å²) in [5.74, 6) is -1.21. The van der Waals surface area contributed by atoms with Gasteiger partial charge in [0.1, 0.15) is 11.5 Å². The van der Waals surface area contributed by atoms with Crippen molar-refractivity contribution in [1.29, 1.82) is 0 Å². The number of amides is 1. The first-order valence-corrected chi connectivity index (χ1v) is 9.17. The molecule has 2 aliphatic heterocycles. The number of aliphatic carboxylic acids is 1. The highest BCUT2D eigenvalue weighted by atomic mass is 32.2. The number of Topliss-reactive ketones (excluding diaryl/α,β-unsaturated/α-hetero) is 1. The number of β-lactam (4-membered cyclic amide) rings is 1. The highest BCUT2D eigenvalue weighted by Crippen LogP contribution is 2.50.